The summed E-state index contributed by atoms with van der Waals surface area (Å²) in [6, 6.07) is 12.3. The highest BCUT2D eigenvalue weighted by Crippen LogP contribution is 2.28. The molecule has 0 aliphatic heterocycles. The molecule has 208 valence electrons. The molecule has 7 N–H and O–H groups in total. The summed E-state index contributed by atoms with van der Waals surface area (Å²) in [4.78, 5) is 30.8. The molecule has 3 aromatic rings. The second kappa shape index (κ2) is 12.5. The van der Waals surface area contributed by atoms with E-state index in [1.54, 1.807) is 48.7 Å². The Morgan fingerprint density at radius 3 is 2.46 bits per heavy atom. The minimum Gasteiger partial charge on any atom is -0.493 e. The lowest BCUT2D eigenvalue weighted by molar-refractivity contribution is -0.121. The number of aromatic nitrogens is 2. The van der Waals surface area contributed by atoms with Gasteiger partial charge in [0.05, 0.1) is 18.5 Å². The standard InChI is InChI=1S/C29H39N7O3/c1-18(2)35-27-28(38)36(17-25(37)33-15-19-6-8-20(9-7-19)26(31)32)24(16-34-27)21-12-22(30)14-23(13-21)39-11-10-29(3,4)5/h6-9,12-14,16,18H,10-11,15,17,30H2,1-5H3,(H3,31,32)(H,33,37)(H,34,35). The number of hydrogen-bond donors (Lipinski definition) is 5. The van der Waals surface area contributed by atoms with Crippen LogP contribution < -0.4 is 32.4 Å². The van der Waals surface area contributed by atoms with E-state index in [4.69, 9.17) is 21.6 Å². The van der Waals surface area contributed by atoms with Crippen LogP contribution >= 0.6 is 0 Å². The third-order valence-corrected chi connectivity index (χ3v) is 5.88. The monoisotopic (exact) mass is 533 g/mol. The Morgan fingerprint density at radius 1 is 1.15 bits per heavy atom. The maximum Gasteiger partial charge on any atom is 0.294 e. The number of nitrogens with two attached hydrogens (primary N) is 2. The Kier molecular flexibility index (Phi) is 9.34. The van der Waals surface area contributed by atoms with Crippen molar-refractivity contribution < 1.29 is 9.53 Å². The van der Waals surface area contributed by atoms with Crippen LogP contribution in [0.25, 0.3) is 11.3 Å². The first-order valence-corrected chi connectivity index (χ1v) is 12.9. The normalized spacial score (nSPS) is 11.3. The molecule has 1 aromatic heterocycles. The van der Waals surface area contributed by atoms with Gasteiger partial charge >= 0.3 is 0 Å². The summed E-state index contributed by atoms with van der Waals surface area (Å²) in [6.45, 7) is 10.8. The van der Waals surface area contributed by atoms with Crippen molar-refractivity contribution in [1.82, 2.24) is 14.9 Å². The highest BCUT2D eigenvalue weighted by molar-refractivity contribution is 5.94. The van der Waals surface area contributed by atoms with Crippen molar-refractivity contribution in [1.29, 1.82) is 5.41 Å². The number of rotatable bonds is 11. The van der Waals surface area contributed by atoms with Crippen molar-refractivity contribution in [2.45, 2.75) is 60.2 Å². The molecule has 0 atom stereocenters. The number of amidine groups is 1. The lowest BCUT2D eigenvalue weighted by atomic mass is 9.93. The molecule has 2 aromatic carbocycles. The van der Waals surface area contributed by atoms with Crippen molar-refractivity contribution in [2.24, 2.45) is 11.1 Å². The van der Waals surface area contributed by atoms with Gasteiger partial charge < -0.3 is 26.8 Å². The van der Waals surface area contributed by atoms with Gasteiger partial charge in [-0.15, -0.1) is 0 Å². The van der Waals surface area contributed by atoms with Crippen molar-refractivity contribution in [2.75, 3.05) is 17.7 Å². The molecular weight excluding hydrogens is 494 g/mol. The second-order valence-corrected chi connectivity index (χ2v) is 11.0. The van der Waals surface area contributed by atoms with E-state index in [0.717, 1.165) is 12.0 Å². The number of anilines is 2. The van der Waals surface area contributed by atoms with Crippen LogP contribution in [-0.4, -0.2) is 33.9 Å². The number of nitrogens with one attached hydrogen (secondary N) is 3. The fraction of sp³-hybridized carbons (Fsp3) is 0.379. The molecule has 0 unspecified atom stereocenters. The fourth-order valence-corrected chi connectivity index (χ4v) is 3.78. The average molecular weight is 534 g/mol. The summed E-state index contributed by atoms with van der Waals surface area (Å²) in [6.07, 6.45) is 2.42. The first-order valence-electron chi connectivity index (χ1n) is 12.9. The van der Waals surface area contributed by atoms with Crippen LogP contribution in [0.2, 0.25) is 0 Å². The Bertz CT molecular complexity index is 1370. The van der Waals surface area contributed by atoms with Crippen LogP contribution in [0.1, 0.15) is 52.2 Å². The van der Waals surface area contributed by atoms with Gasteiger partial charge in [-0.05, 0) is 43.4 Å². The number of benzene rings is 2. The van der Waals surface area contributed by atoms with Crippen molar-refractivity contribution in [3.8, 4) is 17.0 Å². The molecule has 0 saturated carbocycles. The van der Waals surface area contributed by atoms with Crippen molar-refractivity contribution in [3.63, 3.8) is 0 Å². The van der Waals surface area contributed by atoms with E-state index in [1.165, 1.54) is 4.57 Å². The zero-order valence-electron chi connectivity index (χ0n) is 23.3. The highest BCUT2D eigenvalue weighted by atomic mass is 16.5. The van der Waals surface area contributed by atoms with Gasteiger partial charge in [-0.1, -0.05) is 45.0 Å². The summed E-state index contributed by atoms with van der Waals surface area (Å²) >= 11 is 0. The van der Waals surface area contributed by atoms with E-state index in [0.29, 0.717) is 34.9 Å². The maximum atomic E-state index is 13.4. The van der Waals surface area contributed by atoms with Gasteiger partial charge in [-0.25, -0.2) is 4.98 Å². The Balaban J connectivity index is 1.88. The molecule has 0 bridgehead atoms. The minimum atomic E-state index is -0.417. The molecule has 0 fully saturated rings. The molecule has 1 heterocycles. The van der Waals surface area contributed by atoms with E-state index in [2.05, 4.69) is 36.4 Å². The molecule has 10 nitrogen and oxygen atoms in total. The van der Waals surface area contributed by atoms with Crippen LogP contribution in [0.4, 0.5) is 11.5 Å². The zero-order valence-corrected chi connectivity index (χ0v) is 23.3. The molecule has 0 saturated heterocycles. The number of carbonyl (C=O) groups is 1. The van der Waals surface area contributed by atoms with Crippen LogP contribution in [-0.2, 0) is 17.9 Å². The topological polar surface area (TPSA) is 161 Å². The number of amides is 1. The smallest absolute Gasteiger partial charge is 0.294 e. The van der Waals surface area contributed by atoms with Crippen molar-refractivity contribution >= 4 is 23.2 Å². The Labute approximate surface area is 229 Å². The van der Waals surface area contributed by atoms with Crippen LogP contribution in [0.15, 0.2) is 53.5 Å². The van der Waals surface area contributed by atoms with Crippen LogP contribution in [0.3, 0.4) is 0 Å². The van der Waals surface area contributed by atoms with E-state index >= 15 is 0 Å². The first kappa shape index (κ1) is 29.2. The Hall–Kier alpha value is -4.34. The van der Waals surface area contributed by atoms with Gasteiger partial charge in [0.15, 0.2) is 5.82 Å². The number of nitrogen functional groups attached to an aromatic ring is 2. The molecule has 0 radical (unpaired) electrons. The molecule has 0 aliphatic rings. The first-order chi connectivity index (χ1) is 18.3. The number of ether oxygens (including phenoxy) is 1. The van der Waals surface area contributed by atoms with Gasteiger partial charge in [-0.3, -0.25) is 19.6 Å². The largest absolute Gasteiger partial charge is 0.493 e. The van der Waals surface area contributed by atoms with Gasteiger partial charge in [-0.2, -0.15) is 0 Å². The summed E-state index contributed by atoms with van der Waals surface area (Å²) in [7, 11) is 0. The molecule has 10 heteroatoms. The summed E-state index contributed by atoms with van der Waals surface area (Å²) in [5, 5.41) is 13.4. The van der Waals surface area contributed by atoms with Gasteiger partial charge in [0.1, 0.15) is 18.1 Å². The molecular formula is C29H39N7O3. The van der Waals surface area contributed by atoms with E-state index in [-0.39, 0.29) is 42.1 Å². The SMILES string of the molecule is CC(C)Nc1ncc(-c2cc(N)cc(OCCC(C)(C)C)c2)n(CC(=O)NCc2ccc(C(=N)N)cc2)c1=O. The lowest BCUT2D eigenvalue weighted by Gasteiger charge is -2.19. The number of nitrogens with zero attached hydrogens (tertiary/aromatic N) is 2. The van der Waals surface area contributed by atoms with Crippen LogP contribution in [0.5, 0.6) is 5.75 Å². The predicted molar refractivity (Wildman–Crippen MR) is 156 cm³/mol. The van der Waals surface area contributed by atoms with Gasteiger partial charge in [0.2, 0.25) is 5.91 Å². The van der Waals surface area contributed by atoms with E-state index < -0.39 is 5.56 Å². The van der Waals surface area contributed by atoms with Gasteiger partial charge in [0, 0.05) is 35.5 Å². The zero-order chi connectivity index (χ0) is 28.7. The maximum absolute atomic E-state index is 13.4. The minimum absolute atomic E-state index is 0.0218. The second-order valence-electron chi connectivity index (χ2n) is 11.0. The van der Waals surface area contributed by atoms with Gasteiger partial charge in [0.25, 0.3) is 5.56 Å². The quantitative estimate of drug-likeness (QED) is 0.142. The molecule has 3 rings (SSSR count). The summed E-state index contributed by atoms with van der Waals surface area (Å²) in [5.41, 5.74) is 14.4. The number of hydrogen-bond acceptors (Lipinski definition) is 7. The highest BCUT2D eigenvalue weighted by Gasteiger charge is 2.17. The molecule has 1 amide bonds. The molecule has 39 heavy (non-hydrogen) atoms. The number of carbonyl (C=O) groups excluding carboxylic acids is 1. The fourth-order valence-electron chi connectivity index (χ4n) is 3.78. The van der Waals surface area contributed by atoms with Crippen molar-refractivity contribution in [3.05, 3.63) is 70.1 Å². The molecule has 0 aliphatic carbocycles. The third-order valence-electron chi connectivity index (χ3n) is 5.88. The summed E-state index contributed by atoms with van der Waals surface area (Å²) < 4.78 is 7.35. The van der Waals surface area contributed by atoms with Crippen LogP contribution in [0, 0.1) is 10.8 Å². The van der Waals surface area contributed by atoms with E-state index in [1.807, 2.05) is 13.8 Å². The predicted octanol–water partition coefficient (Wildman–Crippen LogP) is 3.73. The van der Waals surface area contributed by atoms with E-state index in [9.17, 15) is 9.59 Å². The Morgan fingerprint density at radius 2 is 1.85 bits per heavy atom. The molecule has 0 spiro atoms. The lowest BCUT2D eigenvalue weighted by Crippen LogP contribution is -2.35. The summed E-state index contributed by atoms with van der Waals surface area (Å²) in [5.74, 6) is 0.370. The third kappa shape index (κ3) is 8.59. The average Bonchev–Trinajstić information content (AvgIpc) is 2.84.